The topological polar surface area (TPSA) is 9.23 Å². The Bertz CT molecular complexity index is 179. The minimum atomic E-state index is 0.0528. The minimum Gasteiger partial charge on any atom is -0.379 e. The molecule has 0 heterocycles. The van der Waals surface area contributed by atoms with Crippen molar-refractivity contribution in [1.29, 1.82) is 0 Å². The zero-order valence-electron chi connectivity index (χ0n) is 8.68. The predicted octanol–water partition coefficient (Wildman–Crippen LogP) is 3.16. The van der Waals surface area contributed by atoms with Crippen molar-refractivity contribution in [3.63, 3.8) is 0 Å². The molecule has 1 aliphatic rings. The summed E-state index contributed by atoms with van der Waals surface area (Å²) in [6.07, 6.45) is 6.07. The van der Waals surface area contributed by atoms with Crippen LogP contribution in [0.15, 0.2) is 11.6 Å². The lowest BCUT2D eigenvalue weighted by molar-refractivity contribution is -0.0312. The Kier molecular flexibility index (Phi) is 2.94. The van der Waals surface area contributed by atoms with Crippen molar-refractivity contribution in [2.45, 2.75) is 45.6 Å². The van der Waals surface area contributed by atoms with Crippen LogP contribution in [0.25, 0.3) is 0 Å². The molecule has 1 heteroatoms. The summed E-state index contributed by atoms with van der Waals surface area (Å²) in [4.78, 5) is 0. The Labute approximate surface area is 75.8 Å². The summed E-state index contributed by atoms with van der Waals surface area (Å²) in [6, 6.07) is 0. The van der Waals surface area contributed by atoms with Crippen LogP contribution in [0, 0.1) is 5.92 Å². The van der Waals surface area contributed by atoms with Gasteiger partial charge in [-0.25, -0.2) is 0 Å². The molecule has 0 unspecified atom stereocenters. The van der Waals surface area contributed by atoms with Gasteiger partial charge in [0.25, 0.3) is 0 Å². The third-order valence-electron chi connectivity index (χ3n) is 3.15. The normalized spacial score (nSPS) is 25.3. The molecule has 1 atom stereocenters. The highest BCUT2D eigenvalue weighted by molar-refractivity contribution is 5.05. The van der Waals surface area contributed by atoms with Crippen LogP contribution in [0.3, 0.4) is 0 Å². The fourth-order valence-electron chi connectivity index (χ4n) is 1.76. The van der Waals surface area contributed by atoms with Crippen LogP contribution in [0.5, 0.6) is 0 Å². The molecule has 0 saturated carbocycles. The lowest BCUT2D eigenvalue weighted by atomic mass is 9.80. The molecule has 0 aliphatic heterocycles. The first-order valence-electron chi connectivity index (χ1n) is 4.77. The second kappa shape index (κ2) is 3.61. The van der Waals surface area contributed by atoms with Gasteiger partial charge in [-0.05, 0) is 46.0 Å². The second-order valence-corrected chi connectivity index (χ2v) is 4.33. The third kappa shape index (κ3) is 2.10. The van der Waals surface area contributed by atoms with Gasteiger partial charge in [0.05, 0.1) is 5.60 Å². The Morgan fingerprint density at radius 1 is 1.50 bits per heavy atom. The molecule has 1 aliphatic carbocycles. The molecule has 0 N–H and O–H groups in total. The smallest absolute Gasteiger partial charge is 0.0653 e. The number of allylic oxidation sites excluding steroid dienone is 2. The molecular weight excluding hydrogens is 148 g/mol. The van der Waals surface area contributed by atoms with Crippen molar-refractivity contribution in [2.24, 2.45) is 5.92 Å². The largest absolute Gasteiger partial charge is 0.379 e. The third-order valence-corrected chi connectivity index (χ3v) is 3.15. The molecule has 0 saturated heterocycles. The van der Waals surface area contributed by atoms with Gasteiger partial charge in [-0.1, -0.05) is 11.6 Å². The molecule has 0 aromatic heterocycles. The van der Waals surface area contributed by atoms with Crippen molar-refractivity contribution in [3.8, 4) is 0 Å². The van der Waals surface area contributed by atoms with Gasteiger partial charge in [0, 0.05) is 7.11 Å². The van der Waals surface area contributed by atoms with E-state index in [1.807, 2.05) is 7.11 Å². The highest BCUT2D eigenvalue weighted by atomic mass is 16.5. The molecule has 0 radical (unpaired) electrons. The SMILES string of the molecule is COC(C)(C)[C@@H]1CC=C(C)CC1. The molecule has 0 fully saturated rings. The minimum absolute atomic E-state index is 0.0528. The fourth-order valence-corrected chi connectivity index (χ4v) is 1.76. The van der Waals surface area contributed by atoms with Gasteiger partial charge in [-0.3, -0.25) is 0 Å². The van der Waals surface area contributed by atoms with E-state index in [-0.39, 0.29) is 5.60 Å². The summed E-state index contributed by atoms with van der Waals surface area (Å²) < 4.78 is 5.48. The lowest BCUT2D eigenvalue weighted by Gasteiger charge is -2.34. The van der Waals surface area contributed by atoms with E-state index in [2.05, 4.69) is 26.8 Å². The van der Waals surface area contributed by atoms with Crippen molar-refractivity contribution >= 4 is 0 Å². The van der Waals surface area contributed by atoms with E-state index < -0.39 is 0 Å². The van der Waals surface area contributed by atoms with Crippen LogP contribution in [0.4, 0.5) is 0 Å². The number of hydrogen-bond donors (Lipinski definition) is 0. The molecule has 70 valence electrons. The average Bonchev–Trinajstić information content (AvgIpc) is 2.05. The van der Waals surface area contributed by atoms with E-state index in [9.17, 15) is 0 Å². The van der Waals surface area contributed by atoms with Gasteiger partial charge in [-0.2, -0.15) is 0 Å². The predicted molar refractivity (Wildman–Crippen MR) is 52.2 cm³/mol. The first kappa shape index (κ1) is 9.79. The molecule has 0 aromatic rings. The summed E-state index contributed by atoms with van der Waals surface area (Å²) >= 11 is 0. The van der Waals surface area contributed by atoms with Gasteiger partial charge in [0.15, 0.2) is 0 Å². The lowest BCUT2D eigenvalue weighted by Crippen LogP contribution is -2.34. The van der Waals surface area contributed by atoms with E-state index in [4.69, 9.17) is 4.74 Å². The van der Waals surface area contributed by atoms with E-state index in [1.54, 1.807) is 0 Å². The maximum Gasteiger partial charge on any atom is 0.0653 e. The molecule has 0 aromatic carbocycles. The maximum absolute atomic E-state index is 5.48. The van der Waals surface area contributed by atoms with Crippen molar-refractivity contribution in [3.05, 3.63) is 11.6 Å². The average molecular weight is 168 g/mol. The Hall–Kier alpha value is -0.300. The molecule has 12 heavy (non-hydrogen) atoms. The van der Waals surface area contributed by atoms with E-state index in [0.717, 1.165) is 0 Å². The number of rotatable bonds is 2. The van der Waals surface area contributed by atoms with Gasteiger partial charge in [0.2, 0.25) is 0 Å². The summed E-state index contributed by atoms with van der Waals surface area (Å²) in [6.45, 7) is 6.59. The van der Waals surface area contributed by atoms with Crippen LogP contribution in [-0.2, 0) is 4.74 Å². The first-order chi connectivity index (χ1) is 5.56. The molecule has 1 rings (SSSR count). The maximum atomic E-state index is 5.48. The highest BCUT2D eigenvalue weighted by Gasteiger charge is 2.29. The number of hydrogen-bond acceptors (Lipinski definition) is 1. The monoisotopic (exact) mass is 168 g/mol. The quantitative estimate of drug-likeness (QED) is 0.575. The Morgan fingerprint density at radius 3 is 2.58 bits per heavy atom. The number of ether oxygens (including phenoxy) is 1. The van der Waals surface area contributed by atoms with Crippen LogP contribution in [-0.4, -0.2) is 12.7 Å². The van der Waals surface area contributed by atoms with Gasteiger partial charge in [-0.15, -0.1) is 0 Å². The van der Waals surface area contributed by atoms with Crippen LogP contribution in [0.2, 0.25) is 0 Å². The first-order valence-corrected chi connectivity index (χ1v) is 4.77. The zero-order chi connectivity index (χ0) is 9.19. The van der Waals surface area contributed by atoms with Crippen molar-refractivity contribution in [1.82, 2.24) is 0 Å². The summed E-state index contributed by atoms with van der Waals surface area (Å²) in [7, 11) is 1.81. The standard InChI is InChI=1S/C11H20O/c1-9-5-7-10(8-6-9)11(2,3)12-4/h5,10H,6-8H2,1-4H3/t10-/m1/s1. The second-order valence-electron chi connectivity index (χ2n) is 4.33. The van der Waals surface area contributed by atoms with Gasteiger partial charge >= 0.3 is 0 Å². The molecule has 0 bridgehead atoms. The summed E-state index contributed by atoms with van der Waals surface area (Å²) in [5.74, 6) is 0.700. The zero-order valence-corrected chi connectivity index (χ0v) is 8.68. The molecular formula is C11H20O. The van der Waals surface area contributed by atoms with E-state index in [1.165, 1.54) is 24.8 Å². The fraction of sp³-hybridized carbons (Fsp3) is 0.818. The van der Waals surface area contributed by atoms with Crippen molar-refractivity contribution in [2.75, 3.05) is 7.11 Å². The van der Waals surface area contributed by atoms with E-state index in [0.29, 0.717) is 5.92 Å². The molecule has 0 amide bonds. The number of methoxy groups -OCH3 is 1. The van der Waals surface area contributed by atoms with Crippen molar-refractivity contribution < 1.29 is 4.74 Å². The van der Waals surface area contributed by atoms with Crippen LogP contribution >= 0.6 is 0 Å². The highest BCUT2D eigenvalue weighted by Crippen LogP contribution is 2.33. The van der Waals surface area contributed by atoms with Gasteiger partial charge < -0.3 is 4.74 Å². The van der Waals surface area contributed by atoms with E-state index >= 15 is 0 Å². The Balaban J connectivity index is 2.56. The summed E-state index contributed by atoms with van der Waals surface area (Å²) in [5.41, 5.74) is 1.59. The Morgan fingerprint density at radius 2 is 2.17 bits per heavy atom. The summed E-state index contributed by atoms with van der Waals surface area (Å²) in [5, 5.41) is 0. The van der Waals surface area contributed by atoms with Crippen LogP contribution in [0.1, 0.15) is 40.0 Å². The van der Waals surface area contributed by atoms with Crippen LogP contribution < -0.4 is 0 Å². The molecule has 1 nitrogen and oxygen atoms in total. The van der Waals surface area contributed by atoms with Gasteiger partial charge in [0.1, 0.15) is 0 Å². The molecule has 0 spiro atoms.